The fourth-order valence-electron chi connectivity index (χ4n) is 2.58. The molecule has 1 atom stereocenters. The average Bonchev–Trinajstić information content (AvgIpc) is 3.41. The zero-order chi connectivity index (χ0) is 17.8. The molecule has 1 aromatic carbocycles. The predicted molar refractivity (Wildman–Crippen MR) is 102 cm³/mol. The van der Waals surface area contributed by atoms with Gasteiger partial charge in [0, 0.05) is 18.5 Å². The van der Waals surface area contributed by atoms with Crippen molar-refractivity contribution in [1.29, 1.82) is 0 Å². The molecule has 3 aromatic rings. The van der Waals surface area contributed by atoms with Crippen LogP contribution in [0.2, 0.25) is 0 Å². The Hall–Kier alpha value is -2.36. The van der Waals surface area contributed by atoms with Crippen molar-refractivity contribution in [2.45, 2.75) is 25.5 Å². The Morgan fingerprint density at radius 2 is 2.12 bits per heavy atom. The molecule has 0 spiro atoms. The number of nitrogens with one attached hydrogen (secondary N) is 2. The maximum atomic E-state index is 12.3. The Morgan fingerprint density at radius 1 is 1.23 bits per heavy atom. The van der Waals surface area contributed by atoms with Gasteiger partial charge in [-0.2, -0.15) is 0 Å². The summed E-state index contributed by atoms with van der Waals surface area (Å²) in [5.74, 6) is -0.288. The topological polar surface area (TPSA) is 89.0 Å². The van der Waals surface area contributed by atoms with Gasteiger partial charge in [0.15, 0.2) is 5.13 Å². The number of carbonyl (C=O) groups is 1. The molecule has 1 unspecified atom stereocenters. The van der Waals surface area contributed by atoms with E-state index in [1.165, 1.54) is 22.7 Å². The third kappa shape index (κ3) is 4.06. The number of benzene rings is 1. The molecule has 1 aliphatic rings. The molecule has 0 saturated carbocycles. The highest BCUT2D eigenvalue weighted by Gasteiger charge is 2.22. The van der Waals surface area contributed by atoms with E-state index in [1.807, 2.05) is 30.3 Å². The lowest BCUT2D eigenvalue weighted by molar-refractivity contribution is 0.102. The second-order valence-corrected chi connectivity index (χ2v) is 7.65. The van der Waals surface area contributed by atoms with Crippen LogP contribution in [0.15, 0.2) is 35.7 Å². The summed E-state index contributed by atoms with van der Waals surface area (Å²) in [7, 11) is 0. The Balaban J connectivity index is 1.34. The first-order valence-corrected chi connectivity index (χ1v) is 9.97. The highest BCUT2D eigenvalue weighted by molar-refractivity contribution is 7.15. The average molecular weight is 387 g/mol. The number of anilines is 2. The van der Waals surface area contributed by atoms with E-state index < -0.39 is 0 Å². The van der Waals surface area contributed by atoms with Gasteiger partial charge in [0.25, 0.3) is 5.91 Å². The van der Waals surface area contributed by atoms with Gasteiger partial charge in [-0.25, -0.2) is 4.98 Å². The number of hydrogen-bond acceptors (Lipinski definition) is 8. The lowest BCUT2D eigenvalue weighted by atomic mass is 10.2. The van der Waals surface area contributed by atoms with Gasteiger partial charge < -0.3 is 10.1 Å². The number of rotatable bonds is 6. The third-order valence-electron chi connectivity index (χ3n) is 3.89. The van der Waals surface area contributed by atoms with Crippen LogP contribution in [0.4, 0.5) is 10.3 Å². The number of amides is 1. The summed E-state index contributed by atoms with van der Waals surface area (Å²) in [5, 5.41) is 17.8. The van der Waals surface area contributed by atoms with Crippen LogP contribution in [0.3, 0.4) is 0 Å². The fourth-order valence-corrected chi connectivity index (χ4v) is 4.09. The largest absolute Gasteiger partial charge is 0.371 e. The van der Waals surface area contributed by atoms with Crippen molar-refractivity contribution in [3.05, 3.63) is 52.0 Å². The minimum atomic E-state index is -0.288. The maximum Gasteiger partial charge on any atom is 0.277 e. The molecule has 9 heteroatoms. The van der Waals surface area contributed by atoms with Crippen molar-refractivity contribution >= 4 is 38.8 Å². The first-order valence-electron chi connectivity index (χ1n) is 8.27. The van der Waals surface area contributed by atoms with Crippen LogP contribution in [-0.4, -0.2) is 27.7 Å². The van der Waals surface area contributed by atoms with Gasteiger partial charge in [0.05, 0.1) is 0 Å². The molecule has 3 heterocycles. The number of ether oxygens (including phenoxy) is 1. The van der Waals surface area contributed by atoms with Crippen LogP contribution < -0.4 is 10.6 Å². The van der Waals surface area contributed by atoms with E-state index >= 15 is 0 Å². The molecule has 0 radical (unpaired) electrons. The molecular formula is C17H17N5O2S2. The number of hydrogen-bond donors (Lipinski definition) is 2. The van der Waals surface area contributed by atoms with Crippen molar-refractivity contribution in [1.82, 2.24) is 15.2 Å². The predicted octanol–water partition coefficient (Wildman–Crippen LogP) is 3.71. The molecule has 1 aliphatic heterocycles. The third-order valence-corrected chi connectivity index (χ3v) is 5.62. The molecule has 2 N–H and O–H groups in total. The van der Waals surface area contributed by atoms with Gasteiger partial charge in [0.2, 0.25) is 5.13 Å². The van der Waals surface area contributed by atoms with E-state index in [2.05, 4.69) is 25.8 Å². The molecule has 1 amide bonds. The molecule has 134 valence electrons. The van der Waals surface area contributed by atoms with E-state index in [0.29, 0.717) is 22.5 Å². The zero-order valence-electron chi connectivity index (χ0n) is 13.8. The first-order chi connectivity index (χ1) is 12.8. The standard InChI is InChI=1S/C17H17N5O2S2/c23-14(20-17-22-21-15(26-17)13-7-4-8-24-13)12-10-25-16(19-12)18-9-11-5-2-1-3-6-11/h1-3,5-6,10,13H,4,7-9H2,(H,18,19)(H,20,22,23). The molecule has 7 nitrogen and oxygen atoms in total. The van der Waals surface area contributed by atoms with Crippen LogP contribution in [0.25, 0.3) is 0 Å². The number of aromatic nitrogens is 3. The van der Waals surface area contributed by atoms with E-state index in [-0.39, 0.29) is 12.0 Å². The minimum Gasteiger partial charge on any atom is -0.371 e. The number of carbonyl (C=O) groups excluding carboxylic acids is 1. The molecule has 0 bridgehead atoms. The van der Waals surface area contributed by atoms with Crippen molar-refractivity contribution in [2.24, 2.45) is 0 Å². The smallest absolute Gasteiger partial charge is 0.277 e. The number of thiazole rings is 1. The lowest BCUT2D eigenvalue weighted by Gasteiger charge is -2.02. The van der Waals surface area contributed by atoms with Crippen LogP contribution in [0.5, 0.6) is 0 Å². The Kier molecular flexibility index (Phi) is 5.19. The van der Waals surface area contributed by atoms with E-state index in [1.54, 1.807) is 5.38 Å². The summed E-state index contributed by atoms with van der Waals surface area (Å²) in [6, 6.07) is 10.0. The Bertz CT molecular complexity index is 874. The second-order valence-electron chi connectivity index (χ2n) is 5.78. The van der Waals surface area contributed by atoms with E-state index in [9.17, 15) is 4.79 Å². The minimum absolute atomic E-state index is 0.00575. The van der Waals surface area contributed by atoms with Gasteiger partial charge in [-0.15, -0.1) is 21.5 Å². The summed E-state index contributed by atoms with van der Waals surface area (Å²) < 4.78 is 5.58. The summed E-state index contributed by atoms with van der Waals surface area (Å²) >= 11 is 2.75. The van der Waals surface area contributed by atoms with Crippen LogP contribution in [-0.2, 0) is 11.3 Å². The molecule has 1 saturated heterocycles. The van der Waals surface area contributed by atoms with Crippen molar-refractivity contribution in [3.8, 4) is 0 Å². The van der Waals surface area contributed by atoms with E-state index in [4.69, 9.17) is 4.74 Å². The molecular weight excluding hydrogens is 370 g/mol. The van der Waals surface area contributed by atoms with E-state index in [0.717, 1.165) is 30.0 Å². The second kappa shape index (κ2) is 7.90. The highest BCUT2D eigenvalue weighted by atomic mass is 32.1. The molecule has 0 aliphatic carbocycles. The van der Waals surface area contributed by atoms with Gasteiger partial charge in [0.1, 0.15) is 16.8 Å². The summed E-state index contributed by atoms with van der Waals surface area (Å²) in [6.45, 7) is 1.42. The zero-order valence-corrected chi connectivity index (χ0v) is 15.5. The number of nitrogens with zero attached hydrogens (tertiary/aromatic N) is 3. The highest BCUT2D eigenvalue weighted by Crippen LogP contribution is 2.32. The van der Waals surface area contributed by atoms with Gasteiger partial charge in [-0.1, -0.05) is 41.7 Å². The lowest BCUT2D eigenvalue weighted by Crippen LogP contribution is -2.12. The SMILES string of the molecule is O=C(Nc1nnc(C2CCCO2)s1)c1csc(NCc2ccccc2)n1. The summed E-state index contributed by atoms with van der Waals surface area (Å²) in [4.78, 5) is 16.7. The van der Waals surface area contributed by atoms with Crippen molar-refractivity contribution < 1.29 is 9.53 Å². The van der Waals surface area contributed by atoms with Crippen LogP contribution in [0.1, 0.15) is 40.0 Å². The molecule has 4 rings (SSSR count). The quantitative estimate of drug-likeness (QED) is 0.670. The molecule has 2 aromatic heterocycles. The van der Waals surface area contributed by atoms with Gasteiger partial charge >= 0.3 is 0 Å². The normalized spacial score (nSPS) is 16.5. The summed E-state index contributed by atoms with van der Waals surface area (Å²) in [6.07, 6.45) is 1.99. The maximum absolute atomic E-state index is 12.3. The Labute approximate surface area is 158 Å². The first kappa shape index (κ1) is 17.1. The van der Waals surface area contributed by atoms with Gasteiger partial charge in [-0.3, -0.25) is 10.1 Å². The fraction of sp³-hybridized carbons (Fsp3) is 0.294. The Morgan fingerprint density at radius 3 is 2.92 bits per heavy atom. The van der Waals surface area contributed by atoms with Gasteiger partial charge in [-0.05, 0) is 18.4 Å². The molecule has 1 fully saturated rings. The molecule has 26 heavy (non-hydrogen) atoms. The summed E-state index contributed by atoms with van der Waals surface area (Å²) in [5.41, 5.74) is 1.52. The van der Waals surface area contributed by atoms with Crippen LogP contribution >= 0.6 is 22.7 Å². The monoisotopic (exact) mass is 387 g/mol. The van der Waals surface area contributed by atoms with Crippen molar-refractivity contribution in [2.75, 3.05) is 17.2 Å². The van der Waals surface area contributed by atoms with Crippen molar-refractivity contribution in [3.63, 3.8) is 0 Å². The van der Waals surface area contributed by atoms with Crippen LogP contribution in [0, 0.1) is 0 Å².